The molecule has 1 fully saturated rings. The van der Waals surface area contributed by atoms with Crippen molar-refractivity contribution >= 4 is 5.91 Å². The third-order valence-corrected chi connectivity index (χ3v) is 4.23. The number of aliphatic hydroxyl groups excluding tert-OH is 1. The van der Waals surface area contributed by atoms with Gasteiger partial charge in [0.25, 0.3) is 0 Å². The van der Waals surface area contributed by atoms with Crippen molar-refractivity contribution in [1.29, 1.82) is 0 Å². The smallest absolute Gasteiger partial charge is 0.222 e. The lowest BCUT2D eigenvalue weighted by molar-refractivity contribution is -0.133. The summed E-state index contributed by atoms with van der Waals surface area (Å²) in [5, 5.41) is 8.89. The second kappa shape index (κ2) is 9.35. The minimum Gasteiger partial charge on any atom is -0.396 e. The standard InChI is InChI=1S/C16H31NO2/c1-14(2)17(12-7-13-18)16(19)11-6-10-15-8-4-3-5-9-15/h14-15,18H,3-13H2,1-2H3. The first-order chi connectivity index (χ1) is 9.15. The molecule has 1 saturated carbocycles. The Kier molecular flexibility index (Phi) is 8.11. The summed E-state index contributed by atoms with van der Waals surface area (Å²) in [5.41, 5.74) is 0. The molecule has 3 heteroatoms. The van der Waals surface area contributed by atoms with Crippen LogP contribution in [-0.4, -0.2) is 35.1 Å². The van der Waals surface area contributed by atoms with Crippen LogP contribution in [0.1, 0.15) is 71.6 Å². The van der Waals surface area contributed by atoms with E-state index in [1.165, 1.54) is 38.5 Å². The van der Waals surface area contributed by atoms with Crippen molar-refractivity contribution in [2.24, 2.45) is 5.92 Å². The molecule has 1 rings (SSSR count). The lowest BCUT2D eigenvalue weighted by atomic mass is 9.86. The van der Waals surface area contributed by atoms with Crippen LogP contribution in [0.2, 0.25) is 0 Å². The van der Waals surface area contributed by atoms with Crippen LogP contribution in [0.3, 0.4) is 0 Å². The summed E-state index contributed by atoms with van der Waals surface area (Å²) in [5.74, 6) is 1.13. The predicted octanol–water partition coefficient (Wildman–Crippen LogP) is 3.36. The van der Waals surface area contributed by atoms with Gasteiger partial charge in [-0.25, -0.2) is 0 Å². The van der Waals surface area contributed by atoms with Gasteiger partial charge in [0.2, 0.25) is 5.91 Å². The van der Waals surface area contributed by atoms with Crippen LogP contribution in [0, 0.1) is 5.92 Å². The summed E-state index contributed by atoms with van der Waals surface area (Å²) in [6, 6.07) is 0.244. The number of aliphatic hydroxyl groups is 1. The number of carbonyl (C=O) groups excluding carboxylic acids is 1. The molecule has 0 radical (unpaired) electrons. The molecule has 0 aliphatic heterocycles. The highest BCUT2D eigenvalue weighted by molar-refractivity contribution is 5.76. The highest BCUT2D eigenvalue weighted by atomic mass is 16.3. The first kappa shape index (κ1) is 16.5. The molecule has 0 heterocycles. The quantitative estimate of drug-likeness (QED) is 0.734. The van der Waals surface area contributed by atoms with Crippen LogP contribution in [-0.2, 0) is 4.79 Å². The van der Waals surface area contributed by atoms with Crippen molar-refractivity contribution in [1.82, 2.24) is 4.90 Å². The number of amides is 1. The number of nitrogens with zero attached hydrogens (tertiary/aromatic N) is 1. The molecule has 1 aliphatic carbocycles. The van der Waals surface area contributed by atoms with Crippen molar-refractivity contribution in [3.05, 3.63) is 0 Å². The van der Waals surface area contributed by atoms with Gasteiger partial charge in [0.1, 0.15) is 0 Å². The zero-order valence-corrected chi connectivity index (χ0v) is 12.7. The SMILES string of the molecule is CC(C)N(CCCO)C(=O)CCCC1CCCCC1. The Hall–Kier alpha value is -0.570. The minimum absolute atomic E-state index is 0.165. The minimum atomic E-state index is 0.165. The molecule has 0 aromatic carbocycles. The topological polar surface area (TPSA) is 40.5 Å². The van der Waals surface area contributed by atoms with Crippen LogP contribution < -0.4 is 0 Å². The average molecular weight is 269 g/mol. The van der Waals surface area contributed by atoms with Gasteiger partial charge in [0.05, 0.1) is 0 Å². The van der Waals surface area contributed by atoms with E-state index in [0.29, 0.717) is 19.4 Å². The lowest BCUT2D eigenvalue weighted by Crippen LogP contribution is -2.37. The maximum Gasteiger partial charge on any atom is 0.222 e. The molecule has 1 N–H and O–H groups in total. The van der Waals surface area contributed by atoms with Crippen LogP contribution in [0.5, 0.6) is 0 Å². The van der Waals surface area contributed by atoms with Crippen LogP contribution >= 0.6 is 0 Å². The van der Waals surface area contributed by atoms with Crippen LogP contribution in [0.4, 0.5) is 0 Å². The Balaban J connectivity index is 2.23. The zero-order valence-electron chi connectivity index (χ0n) is 12.7. The van der Waals surface area contributed by atoms with E-state index < -0.39 is 0 Å². The molecule has 0 bridgehead atoms. The van der Waals surface area contributed by atoms with Gasteiger partial charge in [-0.3, -0.25) is 4.79 Å². The van der Waals surface area contributed by atoms with Crippen molar-refractivity contribution in [3.8, 4) is 0 Å². The van der Waals surface area contributed by atoms with Crippen molar-refractivity contribution in [2.75, 3.05) is 13.2 Å². The molecule has 0 unspecified atom stereocenters. The first-order valence-corrected chi connectivity index (χ1v) is 8.05. The summed E-state index contributed by atoms with van der Waals surface area (Å²) < 4.78 is 0. The highest BCUT2D eigenvalue weighted by Gasteiger charge is 2.18. The number of hydrogen-bond donors (Lipinski definition) is 1. The third kappa shape index (κ3) is 6.42. The number of rotatable bonds is 8. The van der Waals surface area contributed by atoms with Gasteiger partial charge in [0, 0.05) is 25.6 Å². The van der Waals surface area contributed by atoms with E-state index in [2.05, 4.69) is 13.8 Å². The molecule has 112 valence electrons. The Bertz CT molecular complexity index is 247. The van der Waals surface area contributed by atoms with Gasteiger partial charge in [-0.05, 0) is 39.0 Å². The number of hydrogen-bond acceptors (Lipinski definition) is 2. The summed E-state index contributed by atoms with van der Waals surface area (Å²) in [6.07, 6.45) is 10.5. The van der Waals surface area contributed by atoms with Crippen molar-refractivity contribution < 1.29 is 9.90 Å². The Labute approximate surface area is 118 Å². The molecule has 19 heavy (non-hydrogen) atoms. The second-order valence-electron chi connectivity index (χ2n) is 6.15. The summed E-state index contributed by atoms with van der Waals surface area (Å²) in [6.45, 7) is 4.96. The first-order valence-electron chi connectivity index (χ1n) is 8.05. The zero-order chi connectivity index (χ0) is 14.1. The van der Waals surface area contributed by atoms with E-state index in [1.54, 1.807) is 0 Å². The summed E-state index contributed by atoms with van der Waals surface area (Å²) >= 11 is 0. The normalized spacial score (nSPS) is 16.8. The third-order valence-electron chi connectivity index (χ3n) is 4.23. The van der Waals surface area contributed by atoms with Crippen LogP contribution in [0.25, 0.3) is 0 Å². The van der Waals surface area contributed by atoms with E-state index in [-0.39, 0.29) is 18.6 Å². The summed E-state index contributed by atoms with van der Waals surface area (Å²) in [4.78, 5) is 14.1. The maximum atomic E-state index is 12.2. The Morgan fingerprint density at radius 1 is 1.21 bits per heavy atom. The van der Waals surface area contributed by atoms with Gasteiger partial charge in [-0.1, -0.05) is 32.1 Å². The lowest BCUT2D eigenvalue weighted by Gasteiger charge is -2.27. The Morgan fingerprint density at radius 3 is 2.47 bits per heavy atom. The molecule has 1 amide bonds. The molecule has 0 aromatic heterocycles. The van der Waals surface area contributed by atoms with Crippen LogP contribution in [0.15, 0.2) is 0 Å². The van der Waals surface area contributed by atoms with Crippen molar-refractivity contribution in [2.45, 2.75) is 77.7 Å². The molecular formula is C16H31NO2. The molecule has 0 saturated heterocycles. The van der Waals surface area contributed by atoms with E-state index >= 15 is 0 Å². The van der Waals surface area contributed by atoms with E-state index in [1.807, 2.05) is 4.90 Å². The fourth-order valence-corrected chi connectivity index (χ4v) is 3.07. The number of carbonyl (C=O) groups is 1. The highest BCUT2D eigenvalue weighted by Crippen LogP contribution is 2.27. The second-order valence-corrected chi connectivity index (χ2v) is 6.15. The summed E-state index contributed by atoms with van der Waals surface area (Å²) in [7, 11) is 0. The van der Waals surface area contributed by atoms with E-state index in [0.717, 1.165) is 12.3 Å². The fraction of sp³-hybridized carbons (Fsp3) is 0.938. The van der Waals surface area contributed by atoms with Gasteiger partial charge in [0.15, 0.2) is 0 Å². The molecule has 1 aliphatic rings. The van der Waals surface area contributed by atoms with Crippen molar-refractivity contribution in [3.63, 3.8) is 0 Å². The molecule has 3 nitrogen and oxygen atoms in total. The largest absolute Gasteiger partial charge is 0.396 e. The maximum absolute atomic E-state index is 12.2. The Morgan fingerprint density at radius 2 is 1.89 bits per heavy atom. The van der Waals surface area contributed by atoms with Gasteiger partial charge < -0.3 is 10.0 Å². The predicted molar refractivity (Wildman–Crippen MR) is 79.0 cm³/mol. The van der Waals surface area contributed by atoms with Gasteiger partial charge in [-0.15, -0.1) is 0 Å². The van der Waals surface area contributed by atoms with E-state index in [4.69, 9.17) is 5.11 Å². The average Bonchev–Trinajstić information content (AvgIpc) is 2.40. The monoisotopic (exact) mass is 269 g/mol. The van der Waals surface area contributed by atoms with Gasteiger partial charge >= 0.3 is 0 Å². The molecule has 0 aromatic rings. The molecular weight excluding hydrogens is 238 g/mol. The molecule has 0 atom stereocenters. The molecule has 0 spiro atoms. The fourth-order valence-electron chi connectivity index (χ4n) is 3.07. The van der Waals surface area contributed by atoms with E-state index in [9.17, 15) is 4.79 Å². The van der Waals surface area contributed by atoms with Gasteiger partial charge in [-0.2, -0.15) is 0 Å².